The van der Waals surface area contributed by atoms with Gasteiger partial charge in [0.05, 0.1) is 40.1 Å². The maximum absolute atomic E-state index is 15.6. The first-order valence-electron chi connectivity index (χ1n) is 17.1. The maximum atomic E-state index is 15.6. The van der Waals surface area contributed by atoms with Gasteiger partial charge in [0.2, 0.25) is 11.9 Å². The molecule has 2 N–H and O–H groups in total. The fourth-order valence-electron chi connectivity index (χ4n) is 7.35. The van der Waals surface area contributed by atoms with E-state index in [1.807, 2.05) is 24.3 Å². The van der Waals surface area contributed by atoms with Crippen molar-refractivity contribution in [3.05, 3.63) is 59.5 Å². The third-order valence-electron chi connectivity index (χ3n) is 10.3. The summed E-state index contributed by atoms with van der Waals surface area (Å²) in [5.41, 5.74) is 5.45. The van der Waals surface area contributed by atoms with Gasteiger partial charge in [-0.1, -0.05) is 7.92 Å². The SMILES string of the molecule is COc1cc(N2CCC3(CCN(CCF)CC3)CC2)c(-c2cnn(C)c2F)cc1Nc1ncc(Br)c(Nc2ccc3nccnc3c2P(C)C)n1. The second kappa shape index (κ2) is 14.9. The van der Waals surface area contributed by atoms with Crippen LogP contribution in [0.4, 0.5) is 37.6 Å². The number of alkyl halides is 1. The molecule has 11 nitrogen and oxygen atoms in total. The van der Waals surface area contributed by atoms with Crippen LogP contribution in [0.5, 0.6) is 5.75 Å². The largest absolute Gasteiger partial charge is 0.494 e. The van der Waals surface area contributed by atoms with Gasteiger partial charge in [0.25, 0.3) is 0 Å². The molecule has 2 aliphatic heterocycles. The average molecular weight is 780 g/mol. The highest BCUT2D eigenvalue weighted by Crippen LogP contribution is 2.46. The van der Waals surface area contributed by atoms with Gasteiger partial charge in [-0.25, -0.2) is 14.1 Å². The Morgan fingerprint density at radius 3 is 2.37 bits per heavy atom. The number of hydrogen-bond donors (Lipinski definition) is 2. The predicted molar refractivity (Wildman–Crippen MR) is 205 cm³/mol. The molecule has 268 valence electrons. The van der Waals surface area contributed by atoms with E-state index in [9.17, 15) is 4.39 Å². The van der Waals surface area contributed by atoms with Crippen molar-refractivity contribution in [1.82, 2.24) is 34.6 Å². The second-order valence-corrected chi connectivity index (χ2v) is 16.6. The van der Waals surface area contributed by atoms with E-state index in [-0.39, 0.29) is 12.1 Å². The first-order valence-corrected chi connectivity index (χ1v) is 20.1. The Labute approximate surface area is 306 Å². The van der Waals surface area contributed by atoms with Crippen LogP contribution in [-0.2, 0) is 7.05 Å². The minimum absolute atomic E-state index is 0.260. The monoisotopic (exact) mass is 778 g/mol. The maximum Gasteiger partial charge on any atom is 0.229 e. The van der Waals surface area contributed by atoms with Crippen LogP contribution in [-0.4, -0.2) is 94.5 Å². The van der Waals surface area contributed by atoms with Gasteiger partial charge in [0.1, 0.15) is 18.2 Å². The van der Waals surface area contributed by atoms with Crippen LogP contribution in [0.3, 0.4) is 0 Å². The van der Waals surface area contributed by atoms with Crippen molar-refractivity contribution in [3.8, 4) is 16.9 Å². The third kappa shape index (κ3) is 7.23. The van der Waals surface area contributed by atoms with Crippen LogP contribution in [0.15, 0.2) is 53.5 Å². The minimum atomic E-state index is -0.533. The Morgan fingerprint density at radius 1 is 0.941 bits per heavy atom. The molecule has 0 amide bonds. The number of methoxy groups -OCH3 is 1. The Morgan fingerprint density at radius 2 is 1.69 bits per heavy atom. The van der Waals surface area contributed by atoms with E-state index in [1.54, 1.807) is 38.9 Å². The second-order valence-electron chi connectivity index (χ2n) is 13.5. The van der Waals surface area contributed by atoms with Gasteiger partial charge >= 0.3 is 0 Å². The molecule has 2 fully saturated rings. The Bertz CT molecular complexity index is 2030. The molecule has 0 saturated carbocycles. The van der Waals surface area contributed by atoms with Gasteiger partial charge in [-0.2, -0.15) is 14.5 Å². The van der Waals surface area contributed by atoms with Crippen LogP contribution >= 0.6 is 23.9 Å². The number of benzene rings is 2. The molecule has 2 aromatic carbocycles. The van der Waals surface area contributed by atoms with Gasteiger partial charge < -0.3 is 25.2 Å². The molecule has 51 heavy (non-hydrogen) atoms. The lowest BCUT2D eigenvalue weighted by atomic mass is 9.71. The zero-order chi connectivity index (χ0) is 35.7. The summed E-state index contributed by atoms with van der Waals surface area (Å²) in [4.78, 5) is 23.1. The lowest BCUT2D eigenvalue weighted by molar-refractivity contribution is 0.0764. The van der Waals surface area contributed by atoms with Crippen molar-refractivity contribution < 1.29 is 13.5 Å². The Balaban J connectivity index is 1.19. The van der Waals surface area contributed by atoms with E-state index in [4.69, 9.17) is 9.72 Å². The number of nitrogens with zero attached hydrogens (tertiary/aromatic N) is 8. The normalized spacial score (nSPS) is 16.3. The highest BCUT2D eigenvalue weighted by Gasteiger charge is 2.38. The fourth-order valence-corrected chi connectivity index (χ4v) is 8.85. The number of aromatic nitrogens is 6. The van der Waals surface area contributed by atoms with E-state index < -0.39 is 13.9 Å². The van der Waals surface area contributed by atoms with Gasteiger partial charge in [-0.15, -0.1) is 0 Å². The van der Waals surface area contributed by atoms with E-state index in [0.717, 1.165) is 79.6 Å². The minimum Gasteiger partial charge on any atom is -0.494 e. The van der Waals surface area contributed by atoms with Crippen LogP contribution in [0.1, 0.15) is 25.7 Å². The summed E-state index contributed by atoms with van der Waals surface area (Å²) in [5, 5.41) is 12.2. The predicted octanol–water partition coefficient (Wildman–Crippen LogP) is 7.24. The van der Waals surface area contributed by atoms with E-state index in [0.29, 0.717) is 45.3 Å². The molecule has 15 heteroatoms. The quantitative estimate of drug-likeness (QED) is 0.141. The first kappa shape index (κ1) is 35.4. The molecular weight excluding hydrogens is 737 g/mol. The van der Waals surface area contributed by atoms with E-state index in [2.05, 4.69) is 69.7 Å². The first-order chi connectivity index (χ1) is 24.7. The third-order valence-corrected chi connectivity index (χ3v) is 12.2. The smallest absolute Gasteiger partial charge is 0.229 e. The van der Waals surface area contributed by atoms with Crippen LogP contribution in [0, 0.1) is 11.4 Å². The summed E-state index contributed by atoms with van der Waals surface area (Å²) in [6, 6.07) is 7.82. The lowest BCUT2D eigenvalue weighted by Gasteiger charge is -2.47. The van der Waals surface area contributed by atoms with Crippen molar-refractivity contribution in [3.63, 3.8) is 0 Å². The van der Waals surface area contributed by atoms with Gasteiger partial charge in [0.15, 0.2) is 0 Å². The molecule has 0 aliphatic carbocycles. The molecule has 2 aliphatic rings. The molecule has 0 radical (unpaired) electrons. The number of likely N-dealkylation sites (tertiary alicyclic amines) is 1. The summed E-state index contributed by atoms with van der Waals surface area (Å²) in [7, 11) is 2.69. The number of hydrogen-bond acceptors (Lipinski definition) is 10. The zero-order valence-corrected chi connectivity index (χ0v) is 31.7. The fraction of sp³-hybridized carbons (Fsp3) is 0.417. The Hall–Kier alpha value is -4.00. The molecular formula is C36H42BrF2N10OP. The zero-order valence-electron chi connectivity index (χ0n) is 29.3. The topological polar surface area (TPSA) is 109 Å². The van der Waals surface area contributed by atoms with Gasteiger partial charge in [-0.3, -0.25) is 9.97 Å². The van der Waals surface area contributed by atoms with Crippen LogP contribution in [0.2, 0.25) is 0 Å². The standard InChI is InChI=1S/C36H42BrF2N10OP/c1-47-33(39)24(21-43-47)23-19-28(30(50-2)20-29(23)49-16-9-36(10-17-49)7-14-48(15-8-36)18-11-38)45-35-42-22-25(37)34(46-35)44-27-6-5-26-31(32(27)51(3)4)41-13-12-40-26/h5-6,12-13,19-22H,7-11,14-18H2,1-4H3,(H2,42,44,45,46). The van der Waals surface area contributed by atoms with Crippen LogP contribution in [0.25, 0.3) is 22.2 Å². The van der Waals surface area contributed by atoms with E-state index >= 15 is 4.39 Å². The van der Waals surface area contributed by atoms with Crippen molar-refractivity contribution in [2.45, 2.75) is 25.7 Å². The molecule has 5 aromatic rings. The van der Waals surface area contributed by atoms with E-state index in [1.165, 1.54) is 4.68 Å². The highest BCUT2D eigenvalue weighted by molar-refractivity contribution is 9.10. The van der Waals surface area contributed by atoms with Gasteiger partial charge in [-0.05, 0) is 91.6 Å². The van der Waals surface area contributed by atoms with Gasteiger partial charge in [0, 0.05) is 73.6 Å². The number of piperidine rings is 2. The summed E-state index contributed by atoms with van der Waals surface area (Å²) >= 11 is 3.62. The summed E-state index contributed by atoms with van der Waals surface area (Å²) in [5.74, 6) is 1.06. The molecule has 3 aromatic heterocycles. The molecule has 0 atom stereocenters. The molecule has 1 spiro atoms. The molecule has 5 heterocycles. The summed E-state index contributed by atoms with van der Waals surface area (Å²) < 4.78 is 36.4. The summed E-state index contributed by atoms with van der Waals surface area (Å²) in [6.45, 7) is 8.14. The number of ether oxygens (including phenoxy) is 1. The lowest BCUT2D eigenvalue weighted by Crippen LogP contribution is -2.47. The number of aryl methyl sites for hydroxylation is 1. The van der Waals surface area contributed by atoms with Crippen molar-refractivity contribution in [2.75, 3.05) is 75.4 Å². The number of nitrogens with one attached hydrogen (secondary N) is 2. The van der Waals surface area contributed by atoms with Crippen molar-refractivity contribution >= 4 is 69.0 Å². The number of anilines is 5. The average Bonchev–Trinajstić information content (AvgIpc) is 3.47. The molecule has 0 unspecified atom stereocenters. The summed E-state index contributed by atoms with van der Waals surface area (Å²) in [6.07, 6.45) is 10.9. The number of fused-ring (bicyclic) bond motifs is 1. The molecule has 7 rings (SSSR count). The number of rotatable bonds is 10. The highest BCUT2D eigenvalue weighted by atomic mass is 79.9. The number of halogens is 3. The molecule has 0 bridgehead atoms. The Kier molecular flexibility index (Phi) is 10.4. The van der Waals surface area contributed by atoms with Crippen molar-refractivity contribution in [1.29, 1.82) is 0 Å². The van der Waals surface area contributed by atoms with Crippen molar-refractivity contribution in [2.24, 2.45) is 12.5 Å². The van der Waals surface area contributed by atoms with Crippen LogP contribution < -0.4 is 25.6 Å². The molecule has 2 saturated heterocycles.